The van der Waals surface area contributed by atoms with Gasteiger partial charge in [0.2, 0.25) is 0 Å². The van der Waals surface area contributed by atoms with E-state index in [2.05, 4.69) is 0 Å². The number of carbonyl (C=O) groups is 1. The van der Waals surface area contributed by atoms with Gasteiger partial charge in [0.15, 0.2) is 0 Å². The van der Waals surface area contributed by atoms with Gasteiger partial charge in [-0.15, -0.1) is 0 Å². The van der Waals surface area contributed by atoms with Gasteiger partial charge in [0.25, 0.3) is 0 Å². The van der Waals surface area contributed by atoms with Crippen molar-refractivity contribution in [3.8, 4) is 11.5 Å². The molecule has 108 valence electrons. The van der Waals surface area contributed by atoms with Gasteiger partial charge in [-0.1, -0.05) is 34.8 Å². The lowest BCUT2D eigenvalue weighted by atomic mass is 10.1. The number of halogens is 2. The van der Waals surface area contributed by atoms with Gasteiger partial charge in [0, 0.05) is 21.7 Å². The molecule has 2 aromatic carbocycles. The topological polar surface area (TPSA) is 46.5 Å². The van der Waals surface area contributed by atoms with Crippen LogP contribution in [-0.2, 0) is 4.79 Å². The Morgan fingerprint density at radius 3 is 2.43 bits per heavy atom. The molecule has 0 aliphatic carbocycles. The van der Waals surface area contributed by atoms with Gasteiger partial charge >= 0.3 is 5.97 Å². The van der Waals surface area contributed by atoms with Crippen molar-refractivity contribution in [1.29, 1.82) is 0 Å². The monoisotopic (exact) mass is 322 g/mol. The van der Waals surface area contributed by atoms with Crippen molar-refractivity contribution in [2.75, 3.05) is 0 Å². The number of rotatable bonds is 4. The van der Waals surface area contributed by atoms with E-state index in [-0.39, 0.29) is 0 Å². The van der Waals surface area contributed by atoms with Crippen molar-refractivity contribution in [3.05, 3.63) is 63.6 Å². The molecule has 0 heterocycles. The van der Waals surface area contributed by atoms with Crippen LogP contribution in [0.4, 0.5) is 0 Å². The van der Waals surface area contributed by atoms with E-state index in [4.69, 9.17) is 33.0 Å². The van der Waals surface area contributed by atoms with E-state index in [0.29, 0.717) is 27.1 Å². The fourth-order valence-corrected chi connectivity index (χ4v) is 2.27. The molecule has 2 rings (SSSR count). The Morgan fingerprint density at radius 1 is 1.14 bits per heavy atom. The molecule has 0 unspecified atom stereocenters. The van der Waals surface area contributed by atoms with E-state index in [1.165, 1.54) is 6.08 Å². The molecule has 3 nitrogen and oxygen atoms in total. The van der Waals surface area contributed by atoms with Crippen LogP contribution in [0.2, 0.25) is 10.0 Å². The Kier molecular flexibility index (Phi) is 4.89. The number of carboxylic acid groups (broad SMARTS) is 1. The summed E-state index contributed by atoms with van der Waals surface area (Å²) in [5.41, 5.74) is 1.66. The summed E-state index contributed by atoms with van der Waals surface area (Å²) < 4.78 is 5.75. The fourth-order valence-electron chi connectivity index (χ4n) is 1.77. The molecule has 1 N–H and O–H groups in total. The van der Waals surface area contributed by atoms with Gasteiger partial charge in [-0.3, -0.25) is 0 Å². The lowest BCUT2D eigenvalue weighted by Crippen LogP contribution is -1.91. The smallest absolute Gasteiger partial charge is 0.328 e. The zero-order chi connectivity index (χ0) is 15.4. The summed E-state index contributed by atoms with van der Waals surface area (Å²) >= 11 is 11.9. The first-order valence-corrected chi connectivity index (χ1v) is 6.85. The molecule has 0 aromatic heterocycles. The molecule has 5 heteroatoms. The normalized spacial score (nSPS) is 10.8. The number of aryl methyl sites for hydroxylation is 1. The summed E-state index contributed by atoms with van der Waals surface area (Å²) in [5, 5.41) is 9.67. The van der Waals surface area contributed by atoms with Crippen molar-refractivity contribution in [1.82, 2.24) is 0 Å². The van der Waals surface area contributed by atoms with Gasteiger partial charge in [-0.2, -0.15) is 0 Å². The highest BCUT2D eigenvalue weighted by Crippen LogP contribution is 2.31. The summed E-state index contributed by atoms with van der Waals surface area (Å²) in [4.78, 5) is 10.7. The molecule has 0 aliphatic heterocycles. The van der Waals surface area contributed by atoms with Crippen LogP contribution < -0.4 is 4.74 Å². The molecule has 0 aliphatic rings. The SMILES string of the molecule is Cc1ccc(Oc2cc(Cl)cc(Cl)c2)c(/C=C/C(=O)O)c1. The van der Waals surface area contributed by atoms with E-state index in [1.54, 1.807) is 24.3 Å². The first-order valence-electron chi connectivity index (χ1n) is 6.09. The highest BCUT2D eigenvalue weighted by atomic mass is 35.5. The molecule has 0 amide bonds. The Morgan fingerprint density at radius 2 is 1.81 bits per heavy atom. The number of benzene rings is 2. The van der Waals surface area contributed by atoms with Crippen LogP contribution >= 0.6 is 23.2 Å². The third kappa shape index (κ3) is 4.52. The fraction of sp³-hybridized carbons (Fsp3) is 0.0625. The van der Waals surface area contributed by atoms with Gasteiger partial charge in [0.1, 0.15) is 11.5 Å². The molecular formula is C16H12Cl2O3. The number of carboxylic acids is 1. The Balaban J connectivity index is 2.36. The van der Waals surface area contributed by atoms with Crippen molar-refractivity contribution in [3.63, 3.8) is 0 Å². The van der Waals surface area contributed by atoms with Crippen LogP contribution in [0.1, 0.15) is 11.1 Å². The summed E-state index contributed by atoms with van der Waals surface area (Å²) in [6, 6.07) is 10.4. The van der Waals surface area contributed by atoms with Crippen molar-refractivity contribution >= 4 is 35.2 Å². The highest BCUT2D eigenvalue weighted by molar-refractivity contribution is 6.34. The molecule has 0 fully saturated rings. The Labute approximate surface area is 132 Å². The van der Waals surface area contributed by atoms with Crippen molar-refractivity contribution in [2.45, 2.75) is 6.92 Å². The summed E-state index contributed by atoms with van der Waals surface area (Å²) in [6.45, 7) is 1.91. The number of aliphatic carboxylic acids is 1. The molecule has 2 aromatic rings. The second kappa shape index (κ2) is 6.66. The summed E-state index contributed by atoms with van der Waals surface area (Å²) in [7, 11) is 0. The second-order valence-electron chi connectivity index (χ2n) is 4.42. The maximum atomic E-state index is 10.7. The zero-order valence-corrected chi connectivity index (χ0v) is 12.7. The van der Waals surface area contributed by atoms with Crippen LogP contribution in [0.25, 0.3) is 6.08 Å². The molecule has 21 heavy (non-hydrogen) atoms. The number of hydrogen-bond acceptors (Lipinski definition) is 2. The van der Waals surface area contributed by atoms with Gasteiger partial charge < -0.3 is 9.84 Å². The van der Waals surface area contributed by atoms with Crippen LogP contribution in [0.15, 0.2) is 42.5 Å². The molecule has 0 saturated carbocycles. The van der Waals surface area contributed by atoms with E-state index in [1.807, 2.05) is 19.1 Å². The first kappa shape index (κ1) is 15.4. The van der Waals surface area contributed by atoms with Crippen LogP contribution in [0.5, 0.6) is 11.5 Å². The van der Waals surface area contributed by atoms with E-state index in [9.17, 15) is 4.79 Å². The summed E-state index contributed by atoms with van der Waals surface area (Å²) in [5.74, 6) is -0.00832. The number of hydrogen-bond donors (Lipinski definition) is 1. The maximum absolute atomic E-state index is 10.7. The molecular weight excluding hydrogens is 311 g/mol. The first-order chi connectivity index (χ1) is 9.94. The lowest BCUT2D eigenvalue weighted by Gasteiger charge is -2.10. The van der Waals surface area contributed by atoms with Crippen LogP contribution in [-0.4, -0.2) is 11.1 Å². The average molecular weight is 323 g/mol. The van der Waals surface area contributed by atoms with Crippen molar-refractivity contribution in [2.24, 2.45) is 0 Å². The standard InChI is InChI=1S/C16H12Cl2O3/c1-10-2-4-15(11(6-10)3-5-16(19)20)21-14-8-12(17)7-13(18)9-14/h2-9H,1H3,(H,19,20)/b5-3+. The lowest BCUT2D eigenvalue weighted by molar-refractivity contribution is -0.131. The van der Waals surface area contributed by atoms with Gasteiger partial charge in [-0.05, 0) is 43.3 Å². The number of ether oxygens (including phenoxy) is 1. The Bertz CT molecular complexity index is 688. The van der Waals surface area contributed by atoms with Gasteiger partial charge in [-0.25, -0.2) is 4.79 Å². The van der Waals surface area contributed by atoms with E-state index in [0.717, 1.165) is 11.6 Å². The quantitative estimate of drug-likeness (QED) is 0.787. The third-order valence-corrected chi connectivity index (χ3v) is 3.07. The zero-order valence-electron chi connectivity index (χ0n) is 11.1. The predicted octanol–water partition coefficient (Wildman–Crippen LogP) is 5.19. The van der Waals surface area contributed by atoms with Crippen LogP contribution in [0.3, 0.4) is 0 Å². The maximum Gasteiger partial charge on any atom is 0.328 e. The summed E-state index contributed by atoms with van der Waals surface area (Å²) in [6.07, 6.45) is 2.55. The molecule has 0 spiro atoms. The molecule has 0 atom stereocenters. The predicted molar refractivity (Wildman–Crippen MR) is 84.4 cm³/mol. The minimum Gasteiger partial charge on any atom is -0.478 e. The minimum absolute atomic E-state index is 0.465. The third-order valence-electron chi connectivity index (χ3n) is 2.63. The van der Waals surface area contributed by atoms with Crippen LogP contribution in [0, 0.1) is 6.92 Å². The Hall–Kier alpha value is -1.97. The highest BCUT2D eigenvalue weighted by Gasteiger charge is 2.06. The second-order valence-corrected chi connectivity index (χ2v) is 5.29. The molecule has 0 radical (unpaired) electrons. The van der Waals surface area contributed by atoms with Gasteiger partial charge in [0.05, 0.1) is 0 Å². The minimum atomic E-state index is -1.02. The molecule has 0 bridgehead atoms. The van der Waals surface area contributed by atoms with Crippen molar-refractivity contribution < 1.29 is 14.6 Å². The molecule has 0 saturated heterocycles. The van der Waals surface area contributed by atoms with E-state index >= 15 is 0 Å². The van der Waals surface area contributed by atoms with E-state index < -0.39 is 5.97 Å². The largest absolute Gasteiger partial charge is 0.478 e. The average Bonchev–Trinajstić information content (AvgIpc) is 2.37.